The Morgan fingerprint density at radius 2 is 2.00 bits per heavy atom. The average Bonchev–Trinajstić information content (AvgIpc) is 3.19. The fourth-order valence-electron chi connectivity index (χ4n) is 2.76. The van der Waals surface area contributed by atoms with Gasteiger partial charge in [0, 0.05) is 0 Å². The van der Waals surface area contributed by atoms with E-state index in [0.717, 1.165) is 4.90 Å². The third-order valence-corrected chi connectivity index (χ3v) is 4.13. The SMILES string of the molecule is CC(=O)c1ccccc1OCCN1C(=O)N[C@](C)(c2ccco2)C1=O. The summed E-state index contributed by atoms with van der Waals surface area (Å²) >= 11 is 0. The molecule has 25 heavy (non-hydrogen) atoms. The maximum absolute atomic E-state index is 12.6. The normalized spacial score (nSPS) is 19.8. The highest BCUT2D eigenvalue weighted by Crippen LogP contribution is 2.29. The number of rotatable bonds is 6. The summed E-state index contributed by atoms with van der Waals surface area (Å²) < 4.78 is 10.9. The summed E-state index contributed by atoms with van der Waals surface area (Å²) in [5.74, 6) is 0.277. The van der Waals surface area contributed by atoms with Crippen LogP contribution in [-0.2, 0) is 10.3 Å². The van der Waals surface area contributed by atoms with Gasteiger partial charge in [0.05, 0.1) is 18.4 Å². The van der Waals surface area contributed by atoms with E-state index in [1.165, 1.54) is 13.2 Å². The summed E-state index contributed by atoms with van der Waals surface area (Å²) in [6, 6.07) is 9.63. The van der Waals surface area contributed by atoms with Crippen molar-refractivity contribution in [2.75, 3.05) is 13.2 Å². The van der Waals surface area contributed by atoms with Gasteiger partial charge in [-0.1, -0.05) is 12.1 Å². The van der Waals surface area contributed by atoms with Crippen molar-refractivity contribution in [1.82, 2.24) is 10.2 Å². The van der Waals surface area contributed by atoms with Gasteiger partial charge in [0.1, 0.15) is 18.1 Å². The van der Waals surface area contributed by atoms with E-state index < -0.39 is 17.5 Å². The number of ether oxygens (including phenoxy) is 1. The van der Waals surface area contributed by atoms with Gasteiger partial charge in [-0.2, -0.15) is 0 Å². The lowest BCUT2D eigenvalue weighted by Gasteiger charge is -2.19. The van der Waals surface area contributed by atoms with Gasteiger partial charge in [0.2, 0.25) is 0 Å². The van der Waals surface area contributed by atoms with Gasteiger partial charge in [-0.25, -0.2) is 4.79 Å². The Hall–Kier alpha value is -3.09. The number of hydrogen-bond acceptors (Lipinski definition) is 5. The molecular weight excluding hydrogens is 324 g/mol. The molecule has 1 N–H and O–H groups in total. The van der Waals surface area contributed by atoms with Crippen molar-refractivity contribution < 1.29 is 23.5 Å². The molecule has 1 aromatic heterocycles. The predicted molar refractivity (Wildman–Crippen MR) is 88.2 cm³/mol. The number of amides is 3. The maximum Gasteiger partial charge on any atom is 0.325 e. The van der Waals surface area contributed by atoms with Crippen LogP contribution in [0.2, 0.25) is 0 Å². The minimum Gasteiger partial charge on any atom is -0.491 e. The first-order valence-electron chi connectivity index (χ1n) is 7.84. The first-order chi connectivity index (χ1) is 11.9. The van der Waals surface area contributed by atoms with Crippen LogP contribution in [0.15, 0.2) is 47.1 Å². The molecule has 2 heterocycles. The van der Waals surface area contributed by atoms with E-state index in [9.17, 15) is 14.4 Å². The number of Topliss-reactive ketones (excluding diaryl/α,β-unsaturated/α-hetero) is 1. The fraction of sp³-hybridized carbons (Fsp3) is 0.278. The Morgan fingerprint density at radius 3 is 2.68 bits per heavy atom. The number of nitrogens with one attached hydrogen (secondary N) is 1. The Morgan fingerprint density at radius 1 is 1.24 bits per heavy atom. The molecule has 3 amide bonds. The van der Waals surface area contributed by atoms with Gasteiger partial charge in [-0.15, -0.1) is 0 Å². The van der Waals surface area contributed by atoms with E-state index in [2.05, 4.69) is 5.32 Å². The highest BCUT2D eigenvalue weighted by atomic mass is 16.5. The molecule has 1 aromatic carbocycles. The zero-order chi connectivity index (χ0) is 18.0. The van der Waals surface area contributed by atoms with Gasteiger partial charge >= 0.3 is 6.03 Å². The molecule has 1 aliphatic rings. The number of furan rings is 1. The lowest BCUT2D eigenvalue weighted by Crippen LogP contribution is -2.41. The van der Waals surface area contributed by atoms with Crippen LogP contribution in [0.1, 0.15) is 30.0 Å². The largest absolute Gasteiger partial charge is 0.491 e. The molecule has 130 valence electrons. The zero-order valence-electron chi connectivity index (χ0n) is 13.9. The number of hydrogen-bond donors (Lipinski definition) is 1. The predicted octanol–water partition coefficient (Wildman–Crippen LogP) is 2.33. The monoisotopic (exact) mass is 342 g/mol. The van der Waals surface area contributed by atoms with Gasteiger partial charge in [-0.3, -0.25) is 14.5 Å². The van der Waals surface area contributed by atoms with Crippen LogP contribution in [0.3, 0.4) is 0 Å². The van der Waals surface area contributed by atoms with E-state index in [0.29, 0.717) is 17.1 Å². The van der Waals surface area contributed by atoms with Crippen LogP contribution >= 0.6 is 0 Å². The van der Waals surface area contributed by atoms with E-state index >= 15 is 0 Å². The Kier molecular flexibility index (Phi) is 4.31. The first-order valence-corrected chi connectivity index (χ1v) is 7.84. The topological polar surface area (TPSA) is 88.8 Å². The molecular formula is C18H18N2O5. The summed E-state index contributed by atoms with van der Waals surface area (Å²) in [6.07, 6.45) is 1.45. The van der Waals surface area contributed by atoms with Crippen LogP contribution in [0.5, 0.6) is 5.75 Å². The smallest absolute Gasteiger partial charge is 0.325 e. The van der Waals surface area contributed by atoms with Gasteiger partial charge < -0.3 is 14.5 Å². The minimum absolute atomic E-state index is 0.0627. The number of carbonyl (C=O) groups excluding carboxylic acids is 3. The van der Waals surface area contributed by atoms with Crippen molar-refractivity contribution in [1.29, 1.82) is 0 Å². The fourth-order valence-corrected chi connectivity index (χ4v) is 2.76. The van der Waals surface area contributed by atoms with E-state index in [1.807, 2.05) is 0 Å². The molecule has 1 saturated heterocycles. The minimum atomic E-state index is -1.22. The van der Waals surface area contributed by atoms with Crippen LogP contribution in [0, 0.1) is 0 Å². The molecule has 7 nitrogen and oxygen atoms in total. The third kappa shape index (κ3) is 3.00. The molecule has 7 heteroatoms. The van der Waals surface area contributed by atoms with Crippen molar-refractivity contribution in [3.63, 3.8) is 0 Å². The molecule has 0 aliphatic carbocycles. The number of ketones is 1. The van der Waals surface area contributed by atoms with Gasteiger partial charge in [-0.05, 0) is 38.1 Å². The summed E-state index contributed by atoms with van der Waals surface area (Å²) in [6.45, 7) is 3.19. The molecule has 0 spiro atoms. The Labute approximate surface area is 144 Å². The van der Waals surface area contributed by atoms with Crippen molar-refractivity contribution in [3.8, 4) is 5.75 Å². The van der Waals surface area contributed by atoms with Crippen molar-refractivity contribution in [2.24, 2.45) is 0 Å². The van der Waals surface area contributed by atoms with Crippen LogP contribution < -0.4 is 10.1 Å². The number of imide groups is 1. The van der Waals surface area contributed by atoms with Gasteiger partial charge in [0.15, 0.2) is 11.3 Å². The van der Waals surface area contributed by atoms with Gasteiger partial charge in [0.25, 0.3) is 5.91 Å². The molecule has 1 atom stereocenters. The van der Waals surface area contributed by atoms with Crippen molar-refractivity contribution in [2.45, 2.75) is 19.4 Å². The lowest BCUT2D eigenvalue weighted by molar-refractivity contribution is -0.131. The second kappa shape index (κ2) is 6.43. The Balaban J connectivity index is 1.67. The zero-order valence-corrected chi connectivity index (χ0v) is 13.9. The van der Waals surface area contributed by atoms with Crippen molar-refractivity contribution >= 4 is 17.7 Å². The maximum atomic E-state index is 12.6. The van der Waals surface area contributed by atoms with Crippen LogP contribution in [-0.4, -0.2) is 35.8 Å². The average molecular weight is 342 g/mol. The second-order valence-corrected chi connectivity index (χ2v) is 5.89. The quantitative estimate of drug-likeness (QED) is 0.643. The number of para-hydroxylation sites is 1. The van der Waals surface area contributed by atoms with Crippen molar-refractivity contribution in [3.05, 3.63) is 54.0 Å². The Bertz CT molecular complexity index is 815. The number of benzene rings is 1. The molecule has 2 aromatic rings. The highest BCUT2D eigenvalue weighted by molar-refractivity contribution is 6.06. The number of urea groups is 1. The summed E-state index contributed by atoms with van der Waals surface area (Å²) in [7, 11) is 0. The molecule has 0 bridgehead atoms. The summed E-state index contributed by atoms with van der Waals surface area (Å²) in [5, 5.41) is 2.64. The van der Waals surface area contributed by atoms with Crippen LogP contribution in [0.4, 0.5) is 4.79 Å². The van der Waals surface area contributed by atoms with E-state index in [4.69, 9.17) is 9.15 Å². The number of carbonyl (C=O) groups is 3. The molecule has 1 aliphatic heterocycles. The third-order valence-electron chi connectivity index (χ3n) is 4.13. The molecule has 0 radical (unpaired) electrons. The summed E-state index contributed by atoms with van der Waals surface area (Å²) in [4.78, 5) is 37.5. The molecule has 0 saturated carbocycles. The van der Waals surface area contributed by atoms with E-state index in [1.54, 1.807) is 43.3 Å². The second-order valence-electron chi connectivity index (χ2n) is 5.89. The highest BCUT2D eigenvalue weighted by Gasteiger charge is 2.50. The standard InChI is InChI=1S/C18H18N2O5/c1-12(21)13-6-3-4-7-14(13)24-11-9-20-16(22)18(2,19-17(20)23)15-8-5-10-25-15/h3-8,10H,9,11H2,1-2H3,(H,19,23)/t18-/m1/s1. The summed E-state index contributed by atoms with van der Waals surface area (Å²) in [5.41, 5.74) is -0.766. The van der Waals surface area contributed by atoms with Crippen LogP contribution in [0.25, 0.3) is 0 Å². The molecule has 3 rings (SSSR count). The van der Waals surface area contributed by atoms with E-state index in [-0.39, 0.29) is 18.9 Å². The number of nitrogens with zero attached hydrogens (tertiary/aromatic N) is 1. The molecule has 1 fully saturated rings. The molecule has 0 unspecified atom stereocenters. The lowest BCUT2D eigenvalue weighted by atomic mass is 9.99. The first kappa shape index (κ1) is 16.8.